The average molecular weight is 205 g/mol. The van der Waals surface area contributed by atoms with Crippen molar-refractivity contribution in [1.82, 2.24) is 5.32 Å². The second-order valence-corrected chi connectivity index (χ2v) is 4.63. The van der Waals surface area contributed by atoms with Gasteiger partial charge in [-0.05, 0) is 44.4 Å². The summed E-state index contributed by atoms with van der Waals surface area (Å²) in [5, 5.41) is 13.3. The summed E-state index contributed by atoms with van der Waals surface area (Å²) in [6, 6.07) is 8.18. The molecule has 82 valence electrons. The van der Waals surface area contributed by atoms with E-state index in [-0.39, 0.29) is 11.6 Å². The Hall–Kier alpha value is -0.860. The van der Waals surface area contributed by atoms with Crippen molar-refractivity contribution in [1.29, 1.82) is 0 Å². The summed E-state index contributed by atoms with van der Waals surface area (Å²) in [6.45, 7) is 5.13. The summed E-state index contributed by atoms with van der Waals surface area (Å²) in [5.74, 6) is 0. The van der Waals surface area contributed by atoms with Crippen molar-refractivity contribution in [3.8, 4) is 0 Å². The summed E-state index contributed by atoms with van der Waals surface area (Å²) in [6.07, 6.45) is 1.97. The van der Waals surface area contributed by atoms with E-state index in [4.69, 9.17) is 0 Å². The van der Waals surface area contributed by atoms with Crippen molar-refractivity contribution in [3.63, 3.8) is 0 Å². The van der Waals surface area contributed by atoms with Crippen molar-refractivity contribution in [2.75, 3.05) is 6.54 Å². The molecule has 2 nitrogen and oxygen atoms in total. The topological polar surface area (TPSA) is 32.3 Å². The van der Waals surface area contributed by atoms with Gasteiger partial charge in [0.2, 0.25) is 0 Å². The number of rotatable bonds is 2. The molecule has 0 bridgehead atoms. The van der Waals surface area contributed by atoms with Crippen LogP contribution in [-0.2, 0) is 5.54 Å². The Kier molecular flexibility index (Phi) is 2.81. The van der Waals surface area contributed by atoms with Crippen LogP contribution in [0, 0.1) is 0 Å². The van der Waals surface area contributed by atoms with Crippen LogP contribution in [0.15, 0.2) is 24.3 Å². The molecule has 1 heterocycles. The highest BCUT2D eigenvalue weighted by Gasteiger charge is 2.32. The maximum absolute atomic E-state index is 9.75. The zero-order valence-electron chi connectivity index (χ0n) is 9.46. The van der Waals surface area contributed by atoms with Crippen LogP contribution in [0.2, 0.25) is 0 Å². The van der Waals surface area contributed by atoms with Crippen LogP contribution in [0.4, 0.5) is 0 Å². The molecule has 0 amide bonds. The minimum atomic E-state index is -0.388. The summed E-state index contributed by atoms with van der Waals surface area (Å²) < 4.78 is 0. The molecule has 1 aromatic carbocycles. The fourth-order valence-corrected chi connectivity index (χ4v) is 2.49. The second-order valence-electron chi connectivity index (χ2n) is 4.63. The maximum Gasteiger partial charge on any atom is 0.0765 e. The van der Waals surface area contributed by atoms with Crippen molar-refractivity contribution >= 4 is 0 Å². The molecule has 0 aromatic heterocycles. The number of aliphatic hydroxyl groups excluding tert-OH is 1. The van der Waals surface area contributed by atoms with E-state index in [1.54, 1.807) is 0 Å². The molecule has 2 rings (SSSR count). The third kappa shape index (κ3) is 1.92. The fourth-order valence-electron chi connectivity index (χ4n) is 2.49. The molecular formula is C13H19NO. The van der Waals surface area contributed by atoms with Gasteiger partial charge in [-0.15, -0.1) is 0 Å². The number of aliphatic hydroxyl groups is 1. The molecule has 1 fully saturated rings. The Morgan fingerprint density at radius 2 is 2.13 bits per heavy atom. The van der Waals surface area contributed by atoms with Gasteiger partial charge < -0.3 is 10.4 Å². The highest BCUT2D eigenvalue weighted by molar-refractivity contribution is 5.35. The third-order valence-corrected chi connectivity index (χ3v) is 3.37. The molecule has 1 aliphatic rings. The Bertz CT molecular complexity index is 340. The number of hydrogen-bond acceptors (Lipinski definition) is 2. The Morgan fingerprint density at radius 1 is 1.40 bits per heavy atom. The number of hydrogen-bond donors (Lipinski definition) is 2. The second kappa shape index (κ2) is 3.95. The largest absolute Gasteiger partial charge is 0.389 e. The first-order chi connectivity index (χ1) is 7.13. The Balaban J connectivity index is 2.42. The van der Waals surface area contributed by atoms with E-state index >= 15 is 0 Å². The minimum Gasteiger partial charge on any atom is -0.389 e. The lowest BCUT2D eigenvalue weighted by Gasteiger charge is -2.28. The molecule has 1 saturated heterocycles. The zero-order chi connectivity index (χ0) is 10.9. The van der Waals surface area contributed by atoms with Crippen LogP contribution in [0.3, 0.4) is 0 Å². The van der Waals surface area contributed by atoms with Gasteiger partial charge in [0.15, 0.2) is 0 Å². The smallest absolute Gasteiger partial charge is 0.0765 e. The van der Waals surface area contributed by atoms with Gasteiger partial charge in [-0.1, -0.05) is 24.3 Å². The molecule has 2 heteroatoms. The first-order valence-electron chi connectivity index (χ1n) is 5.66. The molecule has 1 aromatic rings. The van der Waals surface area contributed by atoms with E-state index in [2.05, 4.69) is 18.3 Å². The van der Waals surface area contributed by atoms with Gasteiger partial charge in [0.05, 0.1) is 6.10 Å². The summed E-state index contributed by atoms with van der Waals surface area (Å²) in [7, 11) is 0. The molecule has 2 unspecified atom stereocenters. The van der Waals surface area contributed by atoms with E-state index in [0.29, 0.717) is 0 Å². The van der Waals surface area contributed by atoms with Crippen molar-refractivity contribution in [2.24, 2.45) is 0 Å². The van der Waals surface area contributed by atoms with E-state index in [1.165, 1.54) is 12.0 Å². The lowest BCUT2D eigenvalue weighted by molar-refractivity contribution is 0.195. The molecule has 0 radical (unpaired) electrons. The summed E-state index contributed by atoms with van der Waals surface area (Å²) >= 11 is 0. The van der Waals surface area contributed by atoms with Crippen molar-refractivity contribution < 1.29 is 5.11 Å². The van der Waals surface area contributed by atoms with Gasteiger partial charge in [-0.3, -0.25) is 0 Å². The van der Waals surface area contributed by atoms with Gasteiger partial charge in [0, 0.05) is 5.54 Å². The first kappa shape index (κ1) is 10.7. The SMILES string of the molecule is CC(O)c1ccccc1C1(C)CCCN1. The third-order valence-electron chi connectivity index (χ3n) is 3.37. The maximum atomic E-state index is 9.75. The van der Waals surface area contributed by atoms with Crippen LogP contribution in [-0.4, -0.2) is 11.7 Å². The highest BCUT2D eigenvalue weighted by atomic mass is 16.3. The van der Waals surface area contributed by atoms with E-state index in [9.17, 15) is 5.11 Å². The van der Waals surface area contributed by atoms with Crippen LogP contribution >= 0.6 is 0 Å². The standard InChI is InChI=1S/C13H19NO/c1-10(15)11-6-3-4-7-12(11)13(2)8-5-9-14-13/h3-4,6-7,10,14-15H,5,8-9H2,1-2H3. The van der Waals surface area contributed by atoms with Crippen LogP contribution < -0.4 is 5.32 Å². The molecule has 0 aliphatic carbocycles. The molecule has 2 N–H and O–H groups in total. The van der Waals surface area contributed by atoms with E-state index in [0.717, 1.165) is 18.5 Å². The zero-order valence-corrected chi connectivity index (χ0v) is 9.46. The molecule has 2 atom stereocenters. The minimum absolute atomic E-state index is 0.0492. The lowest BCUT2D eigenvalue weighted by Crippen LogP contribution is -2.34. The molecule has 1 aliphatic heterocycles. The number of nitrogens with one attached hydrogen (secondary N) is 1. The van der Waals surface area contributed by atoms with Crippen LogP contribution in [0.25, 0.3) is 0 Å². The Morgan fingerprint density at radius 3 is 2.73 bits per heavy atom. The first-order valence-corrected chi connectivity index (χ1v) is 5.66. The van der Waals surface area contributed by atoms with Gasteiger partial charge in [-0.2, -0.15) is 0 Å². The monoisotopic (exact) mass is 205 g/mol. The lowest BCUT2D eigenvalue weighted by atomic mass is 9.85. The summed E-state index contributed by atoms with van der Waals surface area (Å²) in [5.41, 5.74) is 2.35. The molecule has 0 saturated carbocycles. The fraction of sp³-hybridized carbons (Fsp3) is 0.538. The average Bonchev–Trinajstić information content (AvgIpc) is 2.66. The molecule has 15 heavy (non-hydrogen) atoms. The highest BCUT2D eigenvalue weighted by Crippen LogP contribution is 2.34. The van der Waals surface area contributed by atoms with Crippen LogP contribution in [0.1, 0.15) is 43.9 Å². The van der Waals surface area contributed by atoms with E-state index in [1.807, 2.05) is 25.1 Å². The normalized spacial score (nSPS) is 27.9. The van der Waals surface area contributed by atoms with E-state index < -0.39 is 0 Å². The number of benzene rings is 1. The van der Waals surface area contributed by atoms with Gasteiger partial charge in [0.1, 0.15) is 0 Å². The molecular weight excluding hydrogens is 186 g/mol. The van der Waals surface area contributed by atoms with Gasteiger partial charge in [0.25, 0.3) is 0 Å². The van der Waals surface area contributed by atoms with Gasteiger partial charge in [-0.25, -0.2) is 0 Å². The predicted molar refractivity (Wildman–Crippen MR) is 61.7 cm³/mol. The quantitative estimate of drug-likeness (QED) is 0.776. The summed E-state index contributed by atoms with van der Waals surface area (Å²) in [4.78, 5) is 0. The predicted octanol–water partition coefficient (Wildman–Crippen LogP) is 2.34. The van der Waals surface area contributed by atoms with Crippen LogP contribution in [0.5, 0.6) is 0 Å². The van der Waals surface area contributed by atoms with Gasteiger partial charge >= 0.3 is 0 Å². The Labute approximate surface area is 91.3 Å². The van der Waals surface area contributed by atoms with Crippen molar-refractivity contribution in [2.45, 2.75) is 38.3 Å². The van der Waals surface area contributed by atoms with Crippen molar-refractivity contribution in [3.05, 3.63) is 35.4 Å². The molecule has 0 spiro atoms.